The molecule has 4 rings (SSSR count). The van der Waals surface area contributed by atoms with Gasteiger partial charge in [0, 0.05) is 37.0 Å². The van der Waals surface area contributed by atoms with Crippen LogP contribution in [0.1, 0.15) is 23.5 Å². The molecule has 1 aliphatic carbocycles. The molecule has 0 aliphatic heterocycles. The Morgan fingerprint density at radius 3 is 2.79 bits per heavy atom. The number of sulfonamides is 1. The molecule has 1 aliphatic rings. The molecule has 7 heteroatoms. The Kier molecular flexibility index (Phi) is 4.95. The van der Waals surface area contributed by atoms with Crippen LogP contribution in [0.15, 0.2) is 59.9 Å². The lowest BCUT2D eigenvalue weighted by Gasteiger charge is -2.17. The summed E-state index contributed by atoms with van der Waals surface area (Å²) < 4.78 is 28.7. The number of fused-ring (bicyclic) bond motifs is 1. The zero-order valence-electron chi connectivity index (χ0n) is 16.0. The Morgan fingerprint density at radius 2 is 2.04 bits per heavy atom. The van der Waals surface area contributed by atoms with Gasteiger partial charge in [0.05, 0.1) is 16.9 Å². The molecule has 28 heavy (non-hydrogen) atoms. The van der Waals surface area contributed by atoms with Crippen molar-refractivity contribution in [2.24, 2.45) is 7.05 Å². The summed E-state index contributed by atoms with van der Waals surface area (Å²) in [5.74, 6) is 0.452. The van der Waals surface area contributed by atoms with Crippen molar-refractivity contribution in [1.29, 1.82) is 0 Å². The lowest BCUT2D eigenvalue weighted by Crippen LogP contribution is -2.19. The summed E-state index contributed by atoms with van der Waals surface area (Å²) in [6, 6.07) is 13.7. The van der Waals surface area contributed by atoms with Gasteiger partial charge in [-0.2, -0.15) is 0 Å². The molecule has 0 saturated heterocycles. The van der Waals surface area contributed by atoms with Gasteiger partial charge in [-0.3, -0.25) is 0 Å². The number of aryl methyl sites for hydroxylation is 2. The number of hydrogen-bond donors (Lipinski definition) is 2. The maximum Gasteiger partial charge on any atom is 0.240 e. The molecular formula is C21H24N4O2S. The molecule has 0 fully saturated rings. The highest BCUT2D eigenvalue weighted by Gasteiger charge is 2.22. The van der Waals surface area contributed by atoms with Crippen LogP contribution >= 0.6 is 0 Å². The minimum absolute atomic E-state index is 0.229. The Balaban J connectivity index is 1.65. The van der Waals surface area contributed by atoms with E-state index in [9.17, 15) is 8.42 Å². The van der Waals surface area contributed by atoms with Crippen molar-refractivity contribution in [1.82, 2.24) is 14.3 Å². The second-order valence-corrected chi connectivity index (χ2v) is 9.04. The van der Waals surface area contributed by atoms with Gasteiger partial charge < -0.3 is 9.88 Å². The van der Waals surface area contributed by atoms with Crippen molar-refractivity contribution in [3.63, 3.8) is 0 Å². The van der Waals surface area contributed by atoms with Crippen LogP contribution in [0.2, 0.25) is 0 Å². The van der Waals surface area contributed by atoms with Crippen LogP contribution in [0.25, 0.3) is 11.3 Å². The van der Waals surface area contributed by atoms with Crippen LogP contribution < -0.4 is 10.0 Å². The first-order chi connectivity index (χ1) is 13.5. The molecule has 2 N–H and O–H groups in total. The van der Waals surface area contributed by atoms with Crippen LogP contribution in [0.3, 0.4) is 0 Å². The van der Waals surface area contributed by atoms with Gasteiger partial charge in [-0.25, -0.2) is 18.1 Å². The summed E-state index contributed by atoms with van der Waals surface area (Å²) in [4.78, 5) is 4.65. The number of nitrogens with one attached hydrogen (secondary N) is 2. The first-order valence-electron chi connectivity index (χ1n) is 9.35. The molecule has 0 unspecified atom stereocenters. The van der Waals surface area contributed by atoms with Crippen molar-refractivity contribution in [2.45, 2.75) is 23.7 Å². The van der Waals surface area contributed by atoms with Crippen molar-refractivity contribution in [2.75, 3.05) is 18.9 Å². The monoisotopic (exact) mass is 396 g/mol. The van der Waals surface area contributed by atoms with Gasteiger partial charge in [0.1, 0.15) is 0 Å². The van der Waals surface area contributed by atoms with E-state index in [1.807, 2.05) is 23.9 Å². The van der Waals surface area contributed by atoms with E-state index in [1.54, 1.807) is 18.5 Å². The fraction of sp³-hybridized carbons (Fsp3) is 0.286. The first kappa shape index (κ1) is 18.7. The first-order valence-corrected chi connectivity index (χ1v) is 10.8. The molecular weight excluding hydrogens is 372 g/mol. The summed E-state index contributed by atoms with van der Waals surface area (Å²) in [5, 5.41) is 3.54. The minimum atomic E-state index is -3.52. The van der Waals surface area contributed by atoms with Crippen LogP contribution in [-0.2, 0) is 23.5 Å². The third kappa shape index (κ3) is 3.55. The molecule has 146 valence electrons. The van der Waals surface area contributed by atoms with Crippen LogP contribution in [0, 0.1) is 0 Å². The molecule has 0 bridgehead atoms. The molecule has 0 amide bonds. The van der Waals surface area contributed by atoms with Gasteiger partial charge in [0.15, 0.2) is 0 Å². The highest BCUT2D eigenvalue weighted by molar-refractivity contribution is 7.89. The van der Waals surface area contributed by atoms with Gasteiger partial charge in [0.25, 0.3) is 0 Å². The van der Waals surface area contributed by atoms with Crippen molar-refractivity contribution >= 4 is 15.7 Å². The van der Waals surface area contributed by atoms with Crippen LogP contribution in [0.5, 0.6) is 0 Å². The van der Waals surface area contributed by atoms with E-state index in [-0.39, 0.29) is 4.90 Å². The van der Waals surface area contributed by atoms with Crippen molar-refractivity contribution < 1.29 is 8.42 Å². The molecule has 0 saturated carbocycles. The average Bonchev–Trinajstić information content (AvgIpc) is 3.32. The van der Waals surface area contributed by atoms with Crippen molar-refractivity contribution in [3.8, 4) is 11.3 Å². The van der Waals surface area contributed by atoms with E-state index in [0.29, 0.717) is 5.92 Å². The molecule has 0 radical (unpaired) electrons. The number of aromatic nitrogens is 2. The summed E-state index contributed by atoms with van der Waals surface area (Å²) in [5.41, 5.74) is 5.24. The Morgan fingerprint density at radius 1 is 1.21 bits per heavy atom. The number of benzene rings is 2. The summed E-state index contributed by atoms with van der Waals surface area (Å²) in [6.45, 7) is 0.801. The van der Waals surface area contributed by atoms with Crippen molar-refractivity contribution in [3.05, 3.63) is 66.1 Å². The van der Waals surface area contributed by atoms with Gasteiger partial charge in [-0.05, 0) is 49.2 Å². The third-order valence-electron chi connectivity index (χ3n) is 5.35. The Bertz CT molecular complexity index is 1110. The molecule has 6 nitrogen and oxygen atoms in total. The standard InChI is InChI=1S/C21H24N4O2S/c1-22-28(26,27)17-9-10-20(19(11-17)21-13-25(2)14-24-21)23-12-16-8-7-15-5-3-4-6-18(15)16/h3-6,9-11,13-14,16,22-23H,7-8,12H2,1-2H3/t16-/m1/s1. The summed E-state index contributed by atoms with van der Waals surface area (Å²) in [6.07, 6.45) is 5.83. The largest absolute Gasteiger partial charge is 0.384 e. The quantitative estimate of drug-likeness (QED) is 0.671. The number of nitrogens with zero attached hydrogens (tertiary/aromatic N) is 2. The highest BCUT2D eigenvalue weighted by atomic mass is 32.2. The molecule has 1 aromatic heterocycles. The molecule has 3 aromatic rings. The van der Waals surface area contributed by atoms with Gasteiger partial charge in [-0.15, -0.1) is 0 Å². The average molecular weight is 397 g/mol. The van der Waals surface area contributed by atoms with Crippen LogP contribution in [0.4, 0.5) is 5.69 Å². The predicted molar refractivity (Wildman–Crippen MR) is 111 cm³/mol. The smallest absolute Gasteiger partial charge is 0.240 e. The van der Waals surface area contributed by atoms with E-state index in [1.165, 1.54) is 18.2 Å². The number of imidazole rings is 1. The van der Waals surface area contributed by atoms with E-state index in [2.05, 4.69) is 39.3 Å². The minimum Gasteiger partial charge on any atom is -0.384 e. The van der Waals surface area contributed by atoms with E-state index in [4.69, 9.17) is 0 Å². The molecule has 0 spiro atoms. The summed E-state index contributed by atoms with van der Waals surface area (Å²) >= 11 is 0. The van der Waals surface area contributed by atoms with E-state index in [0.717, 1.165) is 36.3 Å². The van der Waals surface area contributed by atoms with Crippen LogP contribution in [-0.4, -0.2) is 31.6 Å². The summed E-state index contributed by atoms with van der Waals surface area (Å²) in [7, 11) is -0.209. The lowest BCUT2D eigenvalue weighted by molar-refractivity contribution is 0.588. The van der Waals surface area contributed by atoms with E-state index < -0.39 is 10.0 Å². The number of hydrogen-bond acceptors (Lipinski definition) is 4. The second-order valence-electron chi connectivity index (χ2n) is 7.15. The predicted octanol–water partition coefficient (Wildman–Crippen LogP) is 3.14. The fourth-order valence-electron chi connectivity index (χ4n) is 3.82. The molecule has 1 heterocycles. The fourth-order valence-corrected chi connectivity index (χ4v) is 4.57. The maximum absolute atomic E-state index is 12.2. The molecule has 2 aromatic carbocycles. The second kappa shape index (κ2) is 7.41. The van der Waals surface area contributed by atoms with E-state index >= 15 is 0 Å². The highest BCUT2D eigenvalue weighted by Crippen LogP contribution is 2.35. The van der Waals surface area contributed by atoms with Gasteiger partial charge in [-0.1, -0.05) is 24.3 Å². The Labute approximate surface area is 165 Å². The number of anilines is 1. The Hall–Kier alpha value is -2.64. The lowest BCUT2D eigenvalue weighted by atomic mass is 10.0. The van der Waals surface area contributed by atoms with Gasteiger partial charge >= 0.3 is 0 Å². The topological polar surface area (TPSA) is 76.0 Å². The zero-order valence-corrected chi connectivity index (χ0v) is 16.8. The molecule has 1 atom stereocenters. The van der Waals surface area contributed by atoms with Gasteiger partial charge in [0.2, 0.25) is 10.0 Å². The normalized spacial score (nSPS) is 16.1. The zero-order chi connectivity index (χ0) is 19.7. The third-order valence-corrected chi connectivity index (χ3v) is 6.76. The SMILES string of the molecule is CNS(=O)(=O)c1ccc(NC[C@H]2CCc3ccccc32)c(-c2cn(C)cn2)c1. The maximum atomic E-state index is 12.2. The number of rotatable bonds is 6.